The monoisotopic (exact) mass is 548 g/mol. The van der Waals surface area contributed by atoms with E-state index >= 15 is 0 Å². The predicted molar refractivity (Wildman–Crippen MR) is 154 cm³/mol. The first-order valence-corrected chi connectivity index (χ1v) is 17.5. The first-order chi connectivity index (χ1) is 18.0. The third kappa shape index (κ3) is 23.4. The molecular weight excluding hydrogens is 488 g/mol. The third-order valence-corrected chi connectivity index (χ3v) is 7.82. The molecule has 1 saturated heterocycles. The van der Waals surface area contributed by atoms with Crippen LogP contribution in [0.5, 0.6) is 0 Å². The Morgan fingerprint density at radius 3 is 1.70 bits per heavy atom. The van der Waals surface area contributed by atoms with Gasteiger partial charge in [-0.3, -0.25) is 4.18 Å². The Morgan fingerprint density at radius 2 is 1.16 bits per heavy atom. The largest absolute Gasteiger partial charge is 0.379 e. The molecule has 0 aromatic rings. The molecule has 2 atom stereocenters. The van der Waals surface area contributed by atoms with Crippen LogP contribution in [0.25, 0.3) is 0 Å². The minimum absolute atomic E-state index is 0.0635. The minimum atomic E-state index is -3.31. The summed E-state index contributed by atoms with van der Waals surface area (Å²) >= 11 is 0. The van der Waals surface area contributed by atoms with E-state index in [1.54, 1.807) is 0 Å². The number of hydrogen-bond acceptors (Lipinski definition) is 6. The maximum absolute atomic E-state index is 10.9. The van der Waals surface area contributed by atoms with E-state index in [-0.39, 0.29) is 18.8 Å². The highest BCUT2D eigenvalue weighted by atomic mass is 32.2. The standard InChI is InChI=1S/C30H60O6S/c1-3-4-5-6-7-8-9-10-11-12-13-14-17-20-25-34-29-23-22-26-35-30(29)28-33-24-19-16-15-18-21-27-36-37(2,31)32/h29-30H,3-28H2,1-2H3/t29-,30+/m1/s1. The van der Waals surface area contributed by atoms with Gasteiger partial charge in [-0.2, -0.15) is 8.42 Å². The normalized spacial score (nSPS) is 18.4. The highest BCUT2D eigenvalue weighted by Gasteiger charge is 2.26. The van der Waals surface area contributed by atoms with Gasteiger partial charge in [-0.25, -0.2) is 0 Å². The molecule has 37 heavy (non-hydrogen) atoms. The quantitative estimate of drug-likeness (QED) is 0.0765. The Balaban J connectivity index is 1.90. The topological polar surface area (TPSA) is 71.1 Å². The summed E-state index contributed by atoms with van der Waals surface area (Å²) in [4.78, 5) is 0. The highest BCUT2D eigenvalue weighted by Crippen LogP contribution is 2.19. The van der Waals surface area contributed by atoms with Gasteiger partial charge in [-0.05, 0) is 32.1 Å². The summed E-state index contributed by atoms with van der Waals surface area (Å²) in [6.07, 6.45) is 27.7. The summed E-state index contributed by atoms with van der Waals surface area (Å²) in [5.41, 5.74) is 0. The van der Waals surface area contributed by atoms with Crippen molar-refractivity contribution in [1.29, 1.82) is 0 Å². The maximum Gasteiger partial charge on any atom is 0.264 e. The summed E-state index contributed by atoms with van der Waals surface area (Å²) in [7, 11) is -3.31. The number of ether oxygens (including phenoxy) is 3. The van der Waals surface area contributed by atoms with Gasteiger partial charge in [0.05, 0.1) is 25.6 Å². The molecule has 0 aliphatic carbocycles. The van der Waals surface area contributed by atoms with Gasteiger partial charge < -0.3 is 14.2 Å². The number of hydrogen-bond donors (Lipinski definition) is 0. The van der Waals surface area contributed by atoms with Crippen molar-refractivity contribution in [3.63, 3.8) is 0 Å². The molecule has 0 saturated carbocycles. The van der Waals surface area contributed by atoms with Gasteiger partial charge >= 0.3 is 0 Å². The molecule has 1 rings (SSSR count). The molecule has 6 nitrogen and oxygen atoms in total. The van der Waals surface area contributed by atoms with Crippen molar-refractivity contribution in [2.24, 2.45) is 0 Å². The summed E-state index contributed by atoms with van der Waals surface area (Å²) in [6, 6.07) is 0. The Labute approximate surface area is 230 Å². The van der Waals surface area contributed by atoms with E-state index in [1.165, 1.54) is 83.5 Å². The first-order valence-electron chi connectivity index (χ1n) is 15.7. The van der Waals surface area contributed by atoms with Crippen molar-refractivity contribution < 1.29 is 26.8 Å². The molecule has 0 radical (unpaired) electrons. The molecule has 7 heteroatoms. The smallest absolute Gasteiger partial charge is 0.264 e. The molecule has 1 aliphatic rings. The molecule has 0 aromatic heterocycles. The summed E-state index contributed by atoms with van der Waals surface area (Å²) in [5.74, 6) is 0. The maximum atomic E-state index is 10.9. The van der Waals surface area contributed by atoms with Crippen molar-refractivity contribution in [2.45, 2.75) is 154 Å². The zero-order valence-corrected chi connectivity index (χ0v) is 25.2. The minimum Gasteiger partial charge on any atom is -0.379 e. The molecule has 0 spiro atoms. The van der Waals surface area contributed by atoms with Crippen molar-refractivity contribution in [1.82, 2.24) is 0 Å². The predicted octanol–water partition coefficient (Wildman–Crippen LogP) is 7.98. The molecule has 222 valence electrons. The molecular formula is C30H60O6S. The van der Waals surface area contributed by atoms with Crippen LogP contribution in [0.1, 0.15) is 142 Å². The second-order valence-electron chi connectivity index (χ2n) is 10.9. The van der Waals surface area contributed by atoms with Crippen LogP contribution < -0.4 is 0 Å². The zero-order valence-electron chi connectivity index (χ0n) is 24.4. The summed E-state index contributed by atoms with van der Waals surface area (Å²) < 4.78 is 44.6. The van der Waals surface area contributed by atoms with Crippen LogP contribution in [-0.2, 0) is 28.5 Å². The second-order valence-corrected chi connectivity index (χ2v) is 12.6. The van der Waals surface area contributed by atoms with Crippen LogP contribution in [0.2, 0.25) is 0 Å². The molecule has 0 N–H and O–H groups in total. The van der Waals surface area contributed by atoms with Gasteiger partial charge in [0.15, 0.2) is 0 Å². The van der Waals surface area contributed by atoms with Crippen molar-refractivity contribution in [3.05, 3.63) is 0 Å². The molecule has 1 heterocycles. The van der Waals surface area contributed by atoms with E-state index < -0.39 is 10.1 Å². The van der Waals surface area contributed by atoms with Crippen LogP contribution in [0.15, 0.2) is 0 Å². The van der Waals surface area contributed by atoms with Gasteiger partial charge in [0.2, 0.25) is 0 Å². The van der Waals surface area contributed by atoms with Crippen molar-refractivity contribution in [3.8, 4) is 0 Å². The summed E-state index contributed by atoms with van der Waals surface area (Å²) in [6.45, 7) is 5.58. The highest BCUT2D eigenvalue weighted by molar-refractivity contribution is 7.85. The van der Waals surface area contributed by atoms with Gasteiger partial charge in [-0.1, -0.05) is 110 Å². The molecule has 0 amide bonds. The van der Waals surface area contributed by atoms with Crippen molar-refractivity contribution in [2.75, 3.05) is 39.3 Å². The van der Waals surface area contributed by atoms with E-state index in [0.29, 0.717) is 6.61 Å². The fourth-order valence-corrected chi connectivity index (χ4v) is 5.36. The molecule has 0 bridgehead atoms. The van der Waals surface area contributed by atoms with E-state index in [1.807, 2.05) is 0 Å². The average Bonchev–Trinajstić information content (AvgIpc) is 2.87. The molecule has 0 unspecified atom stereocenters. The Morgan fingerprint density at radius 1 is 0.676 bits per heavy atom. The Kier molecular flexibility index (Phi) is 23.3. The van der Waals surface area contributed by atoms with E-state index in [9.17, 15) is 8.42 Å². The third-order valence-electron chi connectivity index (χ3n) is 7.22. The van der Waals surface area contributed by atoms with Gasteiger partial charge in [0.25, 0.3) is 10.1 Å². The summed E-state index contributed by atoms with van der Waals surface area (Å²) in [5, 5.41) is 0. The lowest BCUT2D eigenvalue weighted by atomic mass is 10.0. The first kappa shape index (κ1) is 34.8. The molecule has 1 aliphatic heterocycles. The molecule has 1 fully saturated rings. The van der Waals surface area contributed by atoms with Gasteiger partial charge in [0.1, 0.15) is 6.10 Å². The van der Waals surface area contributed by atoms with Crippen LogP contribution in [0, 0.1) is 0 Å². The number of unbranched alkanes of at least 4 members (excludes halogenated alkanes) is 17. The lowest BCUT2D eigenvalue weighted by molar-refractivity contribution is -0.131. The van der Waals surface area contributed by atoms with E-state index in [0.717, 1.165) is 77.4 Å². The van der Waals surface area contributed by atoms with Crippen LogP contribution in [0.3, 0.4) is 0 Å². The van der Waals surface area contributed by atoms with Gasteiger partial charge in [-0.15, -0.1) is 0 Å². The Bertz CT molecular complexity index is 583. The lowest BCUT2D eigenvalue weighted by Gasteiger charge is -2.31. The van der Waals surface area contributed by atoms with E-state index in [2.05, 4.69) is 6.92 Å². The van der Waals surface area contributed by atoms with Crippen LogP contribution >= 0.6 is 0 Å². The fraction of sp³-hybridized carbons (Fsp3) is 1.00. The number of rotatable bonds is 27. The van der Waals surface area contributed by atoms with Gasteiger partial charge in [0, 0.05) is 19.8 Å². The lowest BCUT2D eigenvalue weighted by Crippen LogP contribution is -2.39. The SMILES string of the molecule is CCCCCCCCCCCCCCCCO[C@@H]1CCCO[C@H]1COCCCCCCCOS(C)(=O)=O. The fourth-order valence-electron chi connectivity index (χ4n) is 4.94. The zero-order chi connectivity index (χ0) is 26.9. The second kappa shape index (κ2) is 24.8. The van der Waals surface area contributed by atoms with Crippen LogP contribution in [-0.4, -0.2) is 59.9 Å². The molecule has 0 aromatic carbocycles. The van der Waals surface area contributed by atoms with Crippen molar-refractivity contribution >= 4 is 10.1 Å². The Hall–Kier alpha value is -0.210. The van der Waals surface area contributed by atoms with Crippen LogP contribution in [0.4, 0.5) is 0 Å². The van der Waals surface area contributed by atoms with E-state index in [4.69, 9.17) is 18.4 Å². The average molecular weight is 549 g/mol.